The summed E-state index contributed by atoms with van der Waals surface area (Å²) in [5.74, 6) is 0.186. The Hall–Kier alpha value is -3.06. The minimum Gasteiger partial charge on any atom is -0.444 e. The number of anilines is 1. The number of benzene rings is 2. The number of hydrogen-bond acceptors (Lipinski definition) is 5. The lowest BCUT2D eigenvalue weighted by atomic mass is 9.79. The highest BCUT2D eigenvalue weighted by Crippen LogP contribution is 2.51. The summed E-state index contributed by atoms with van der Waals surface area (Å²) in [7, 11) is 0. The predicted octanol–water partition coefficient (Wildman–Crippen LogP) is 4.62. The molecule has 34 heavy (non-hydrogen) atoms. The minimum atomic E-state index is -0.572. The molecule has 0 bridgehead atoms. The van der Waals surface area contributed by atoms with Gasteiger partial charge < -0.3 is 24.6 Å². The van der Waals surface area contributed by atoms with Crippen molar-refractivity contribution in [1.29, 1.82) is 0 Å². The topological polar surface area (TPSA) is 71.1 Å². The molecule has 3 unspecified atom stereocenters. The highest BCUT2D eigenvalue weighted by Gasteiger charge is 2.47. The lowest BCUT2D eigenvalue weighted by Crippen LogP contribution is -2.41. The van der Waals surface area contributed by atoms with Gasteiger partial charge in [-0.05, 0) is 56.5 Å². The Bertz CT molecular complexity index is 1060. The first-order chi connectivity index (χ1) is 16.3. The standard InChI is InChI=1S/C27H33N3O4/c1-27(2,3)34-26(32)30-12-11-20-23(18-7-5-4-6-8-18)28-22-10-9-19(17-21(22)24(20)30)25(31)29-13-15-33-16-14-29/h4-10,17,20,23-24,28H,11-16H2,1-3H3. The number of ether oxygens (including phenoxy) is 2. The molecule has 1 N–H and O–H groups in total. The van der Waals surface area contributed by atoms with Crippen LogP contribution in [-0.4, -0.2) is 60.2 Å². The van der Waals surface area contributed by atoms with E-state index in [2.05, 4.69) is 17.4 Å². The maximum absolute atomic E-state index is 13.2. The van der Waals surface area contributed by atoms with Crippen LogP contribution >= 0.6 is 0 Å². The largest absolute Gasteiger partial charge is 0.444 e. The van der Waals surface area contributed by atoms with Crippen molar-refractivity contribution in [1.82, 2.24) is 9.80 Å². The van der Waals surface area contributed by atoms with E-state index in [-0.39, 0.29) is 30.0 Å². The van der Waals surface area contributed by atoms with Crippen molar-refractivity contribution in [2.45, 2.75) is 44.9 Å². The average Bonchev–Trinajstić information content (AvgIpc) is 3.29. The zero-order valence-corrected chi connectivity index (χ0v) is 20.1. The monoisotopic (exact) mass is 463 g/mol. The molecule has 0 saturated carbocycles. The maximum Gasteiger partial charge on any atom is 0.410 e. The second-order valence-electron chi connectivity index (χ2n) is 10.3. The molecule has 2 saturated heterocycles. The van der Waals surface area contributed by atoms with Crippen LogP contribution in [-0.2, 0) is 9.47 Å². The summed E-state index contributed by atoms with van der Waals surface area (Å²) in [6.07, 6.45) is 0.557. The number of nitrogens with zero attached hydrogens (tertiary/aromatic N) is 2. The molecule has 2 aromatic rings. The molecule has 3 heterocycles. The molecule has 2 amide bonds. The van der Waals surface area contributed by atoms with Gasteiger partial charge in [0.15, 0.2) is 0 Å². The van der Waals surface area contributed by atoms with Gasteiger partial charge in [0.25, 0.3) is 5.91 Å². The first kappa shape index (κ1) is 22.7. The summed E-state index contributed by atoms with van der Waals surface area (Å²) >= 11 is 0. The second-order valence-corrected chi connectivity index (χ2v) is 10.3. The van der Waals surface area contributed by atoms with E-state index in [0.29, 0.717) is 38.4 Å². The number of carbonyl (C=O) groups excluding carboxylic acids is 2. The number of morpholine rings is 1. The minimum absolute atomic E-state index is 0.00893. The molecule has 0 spiro atoms. The Labute approximate surface area is 201 Å². The van der Waals surface area contributed by atoms with Crippen molar-refractivity contribution < 1.29 is 19.1 Å². The smallest absolute Gasteiger partial charge is 0.410 e. The maximum atomic E-state index is 13.2. The van der Waals surface area contributed by atoms with E-state index in [0.717, 1.165) is 17.7 Å². The Kier molecular flexibility index (Phi) is 5.98. The Morgan fingerprint density at radius 2 is 1.76 bits per heavy atom. The molecule has 5 rings (SSSR count). The molecule has 0 aliphatic carbocycles. The molecule has 180 valence electrons. The van der Waals surface area contributed by atoms with Crippen LogP contribution in [0.25, 0.3) is 0 Å². The van der Waals surface area contributed by atoms with E-state index in [1.54, 1.807) is 0 Å². The van der Waals surface area contributed by atoms with E-state index in [1.807, 2.05) is 67.0 Å². The van der Waals surface area contributed by atoms with Gasteiger partial charge in [-0.1, -0.05) is 30.3 Å². The predicted molar refractivity (Wildman–Crippen MR) is 130 cm³/mol. The second kappa shape index (κ2) is 8.95. The van der Waals surface area contributed by atoms with Crippen molar-refractivity contribution in [3.63, 3.8) is 0 Å². The van der Waals surface area contributed by atoms with Crippen LogP contribution in [0, 0.1) is 5.92 Å². The zero-order chi connectivity index (χ0) is 23.9. The number of fused-ring (bicyclic) bond motifs is 3. The molecular formula is C27H33N3O4. The third kappa shape index (κ3) is 4.37. The third-order valence-corrected chi connectivity index (χ3v) is 6.89. The Morgan fingerprint density at radius 3 is 2.47 bits per heavy atom. The number of hydrogen-bond donors (Lipinski definition) is 1. The zero-order valence-electron chi connectivity index (χ0n) is 20.1. The van der Waals surface area contributed by atoms with Gasteiger partial charge in [-0.15, -0.1) is 0 Å². The normalized spacial score (nSPS) is 24.1. The fourth-order valence-electron chi connectivity index (χ4n) is 5.38. The van der Waals surface area contributed by atoms with E-state index < -0.39 is 5.60 Å². The quantitative estimate of drug-likeness (QED) is 0.704. The summed E-state index contributed by atoms with van der Waals surface area (Å²) in [6.45, 7) is 8.61. The molecule has 0 aromatic heterocycles. The number of likely N-dealkylation sites (tertiary alicyclic amines) is 1. The van der Waals surface area contributed by atoms with Crippen molar-refractivity contribution in [2.24, 2.45) is 5.92 Å². The van der Waals surface area contributed by atoms with Crippen LogP contribution in [0.15, 0.2) is 48.5 Å². The first-order valence-electron chi connectivity index (χ1n) is 12.1. The molecule has 7 heteroatoms. The molecule has 3 atom stereocenters. The molecule has 0 radical (unpaired) electrons. The molecule has 3 aliphatic heterocycles. The number of nitrogens with one attached hydrogen (secondary N) is 1. The Balaban J connectivity index is 1.52. The van der Waals surface area contributed by atoms with Crippen LogP contribution < -0.4 is 5.32 Å². The van der Waals surface area contributed by atoms with Crippen LogP contribution in [0.2, 0.25) is 0 Å². The third-order valence-electron chi connectivity index (χ3n) is 6.89. The average molecular weight is 464 g/mol. The lowest BCUT2D eigenvalue weighted by Gasteiger charge is -2.40. The van der Waals surface area contributed by atoms with E-state index in [1.165, 1.54) is 5.56 Å². The van der Waals surface area contributed by atoms with Crippen molar-refractivity contribution >= 4 is 17.7 Å². The highest BCUT2D eigenvalue weighted by atomic mass is 16.6. The van der Waals surface area contributed by atoms with Crippen molar-refractivity contribution in [3.8, 4) is 0 Å². The van der Waals surface area contributed by atoms with Gasteiger partial charge in [0.1, 0.15) is 5.60 Å². The van der Waals surface area contributed by atoms with Crippen molar-refractivity contribution in [3.05, 3.63) is 65.2 Å². The summed E-state index contributed by atoms with van der Waals surface area (Å²) in [5.41, 5.74) is 3.22. The molecular weight excluding hydrogens is 430 g/mol. The number of rotatable bonds is 2. The van der Waals surface area contributed by atoms with Gasteiger partial charge in [0.05, 0.1) is 25.3 Å². The highest BCUT2D eigenvalue weighted by molar-refractivity contribution is 5.95. The molecule has 2 fully saturated rings. The van der Waals surface area contributed by atoms with E-state index in [4.69, 9.17) is 9.47 Å². The van der Waals surface area contributed by atoms with Gasteiger partial charge in [0.2, 0.25) is 0 Å². The van der Waals surface area contributed by atoms with Gasteiger partial charge in [0, 0.05) is 36.8 Å². The number of carbonyl (C=O) groups is 2. The van der Waals surface area contributed by atoms with Crippen LogP contribution in [0.1, 0.15) is 60.8 Å². The van der Waals surface area contributed by atoms with Crippen LogP contribution in [0.3, 0.4) is 0 Å². The van der Waals surface area contributed by atoms with Gasteiger partial charge in [-0.2, -0.15) is 0 Å². The molecule has 7 nitrogen and oxygen atoms in total. The van der Waals surface area contributed by atoms with Gasteiger partial charge in [-0.25, -0.2) is 4.79 Å². The number of amides is 2. The van der Waals surface area contributed by atoms with Gasteiger partial charge >= 0.3 is 6.09 Å². The first-order valence-corrected chi connectivity index (χ1v) is 12.1. The summed E-state index contributed by atoms with van der Waals surface area (Å²) in [5, 5.41) is 3.71. The van der Waals surface area contributed by atoms with Gasteiger partial charge in [-0.3, -0.25) is 4.79 Å². The summed E-state index contributed by atoms with van der Waals surface area (Å²) in [6, 6.07) is 16.1. The Morgan fingerprint density at radius 1 is 1.03 bits per heavy atom. The summed E-state index contributed by atoms with van der Waals surface area (Å²) < 4.78 is 11.2. The SMILES string of the molecule is CC(C)(C)OC(=O)N1CCC2C(c3ccccc3)Nc3ccc(C(=O)N4CCOCC4)cc3C21. The van der Waals surface area contributed by atoms with Crippen LogP contribution in [0.5, 0.6) is 0 Å². The lowest BCUT2D eigenvalue weighted by molar-refractivity contribution is 0.0198. The van der Waals surface area contributed by atoms with E-state index >= 15 is 0 Å². The summed E-state index contributed by atoms with van der Waals surface area (Å²) in [4.78, 5) is 30.1. The van der Waals surface area contributed by atoms with Crippen LogP contribution in [0.4, 0.5) is 10.5 Å². The van der Waals surface area contributed by atoms with E-state index in [9.17, 15) is 9.59 Å². The fourth-order valence-corrected chi connectivity index (χ4v) is 5.38. The molecule has 3 aliphatic rings. The van der Waals surface area contributed by atoms with Crippen molar-refractivity contribution in [2.75, 3.05) is 38.2 Å². The fraction of sp³-hybridized carbons (Fsp3) is 0.481. The molecule has 2 aromatic carbocycles.